The molecule has 1 N–H and O–H groups in total. The van der Waals surface area contributed by atoms with Gasteiger partial charge in [-0.3, -0.25) is 9.36 Å². The summed E-state index contributed by atoms with van der Waals surface area (Å²) in [6.07, 6.45) is 0.823. The molecule has 0 aliphatic carbocycles. The van der Waals surface area contributed by atoms with Gasteiger partial charge in [0.2, 0.25) is 11.9 Å². The number of hydrogen-bond donors (Lipinski definition) is 1. The Morgan fingerprint density at radius 3 is 2.56 bits per heavy atom. The highest BCUT2D eigenvalue weighted by atomic mass is 32.2. The van der Waals surface area contributed by atoms with Crippen LogP contribution in [0.5, 0.6) is 0 Å². The number of nitrogens with zero attached hydrogens (tertiary/aromatic N) is 4. The molecule has 8 heteroatoms. The second-order valence-electron chi connectivity index (χ2n) is 7.87. The van der Waals surface area contributed by atoms with Gasteiger partial charge >= 0.3 is 0 Å². The third kappa shape index (κ3) is 5.49. The lowest BCUT2D eigenvalue weighted by Crippen LogP contribution is -2.37. The molecule has 2 heterocycles. The van der Waals surface area contributed by atoms with Crippen molar-refractivity contribution in [3.8, 4) is 5.69 Å². The predicted molar refractivity (Wildman–Crippen MR) is 128 cm³/mol. The molecule has 0 atom stereocenters. The van der Waals surface area contributed by atoms with Crippen molar-refractivity contribution in [2.24, 2.45) is 0 Å². The third-order valence-electron chi connectivity index (χ3n) is 5.51. The zero-order valence-electron chi connectivity index (χ0n) is 18.6. The molecule has 168 valence electrons. The molecule has 7 nitrogen and oxygen atoms in total. The van der Waals surface area contributed by atoms with Crippen molar-refractivity contribution in [2.45, 2.75) is 25.4 Å². The van der Waals surface area contributed by atoms with Crippen LogP contribution in [0.2, 0.25) is 0 Å². The van der Waals surface area contributed by atoms with Crippen LogP contribution in [0.15, 0.2) is 53.7 Å². The van der Waals surface area contributed by atoms with E-state index in [1.807, 2.05) is 16.7 Å². The van der Waals surface area contributed by atoms with Gasteiger partial charge in [-0.05, 0) is 43.5 Å². The highest BCUT2D eigenvalue weighted by Crippen LogP contribution is 2.27. The first kappa shape index (κ1) is 22.4. The van der Waals surface area contributed by atoms with Crippen molar-refractivity contribution in [1.82, 2.24) is 20.1 Å². The van der Waals surface area contributed by atoms with Crippen molar-refractivity contribution < 1.29 is 9.53 Å². The van der Waals surface area contributed by atoms with Gasteiger partial charge in [0.1, 0.15) is 0 Å². The van der Waals surface area contributed by atoms with Crippen LogP contribution in [-0.4, -0.2) is 59.3 Å². The van der Waals surface area contributed by atoms with E-state index < -0.39 is 0 Å². The summed E-state index contributed by atoms with van der Waals surface area (Å²) in [7, 11) is 0. The third-order valence-corrected chi connectivity index (χ3v) is 6.44. The highest BCUT2D eigenvalue weighted by molar-refractivity contribution is 7.99. The Hall–Kier alpha value is -2.84. The number of ether oxygens (including phenoxy) is 1. The molecule has 1 aliphatic rings. The second-order valence-corrected chi connectivity index (χ2v) is 8.81. The van der Waals surface area contributed by atoms with Crippen molar-refractivity contribution in [3.63, 3.8) is 0 Å². The summed E-state index contributed by atoms with van der Waals surface area (Å²) in [4.78, 5) is 14.7. The molecule has 1 amide bonds. The molecule has 2 aromatic carbocycles. The number of rotatable bonds is 8. The maximum Gasteiger partial charge on any atom is 0.232 e. The van der Waals surface area contributed by atoms with Crippen LogP contribution in [0.3, 0.4) is 0 Å². The van der Waals surface area contributed by atoms with E-state index in [9.17, 15) is 4.79 Å². The van der Waals surface area contributed by atoms with E-state index in [4.69, 9.17) is 4.74 Å². The number of benzene rings is 2. The molecule has 1 fully saturated rings. The lowest BCUT2D eigenvalue weighted by Gasteiger charge is -2.27. The molecule has 0 spiro atoms. The molecule has 32 heavy (non-hydrogen) atoms. The van der Waals surface area contributed by atoms with Crippen LogP contribution in [0.25, 0.3) is 5.69 Å². The first-order chi connectivity index (χ1) is 15.6. The van der Waals surface area contributed by atoms with Gasteiger partial charge in [0.05, 0.1) is 24.7 Å². The van der Waals surface area contributed by atoms with Crippen molar-refractivity contribution in [2.75, 3.05) is 43.5 Å². The number of carbonyl (C=O) groups is 1. The van der Waals surface area contributed by atoms with Gasteiger partial charge in [-0.1, -0.05) is 53.7 Å². The Kier molecular flexibility index (Phi) is 7.44. The van der Waals surface area contributed by atoms with Gasteiger partial charge in [-0.25, -0.2) is 0 Å². The predicted octanol–water partition coefficient (Wildman–Crippen LogP) is 3.17. The first-order valence-corrected chi connectivity index (χ1v) is 11.9. The van der Waals surface area contributed by atoms with E-state index in [-0.39, 0.29) is 5.91 Å². The maximum atomic E-state index is 12.5. The van der Waals surface area contributed by atoms with Gasteiger partial charge < -0.3 is 15.0 Å². The van der Waals surface area contributed by atoms with Crippen molar-refractivity contribution in [1.29, 1.82) is 0 Å². The maximum absolute atomic E-state index is 12.5. The van der Waals surface area contributed by atoms with Crippen molar-refractivity contribution >= 4 is 23.6 Å². The Bertz CT molecular complexity index is 1040. The van der Waals surface area contributed by atoms with Gasteiger partial charge in [-0.2, -0.15) is 0 Å². The normalized spacial score (nSPS) is 13.9. The Morgan fingerprint density at radius 1 is 1.06 bits per heavy atom. The fraction of sp³-hybridized carbons (Fsp3) is 0.375. The number of morpholine rings is 1. The molecule has 1 aromatic heterocycles. The molecular formula is C24H29N5O2S. The van der Waals surface area contributed by atoms with Gasteiger partial charge in [0.15, 0.2) is 5.16 Å². The van der Waals surface area contributed by atoms with Crippen LogP contribution in [0, 0.1) is 13.8 Å². The SMILES string of the molecule is Cc1ccc(-n2c(SCC(=O)NCCc3ccccc3C)nnc2N2CCOCC2)cc1. The van der Waals surface area contributed by atoms with Crippen molar-refractivity contribution in [3.05, 3.63) is 65.2 Å². The number of hydrogen-bond acceptors (Lipinski definition) is 6. The fourth-order valence-corrected chi connectivity index (χ4v) is 4.43. The summed E-state index contributed by atoms with van der Waals surface area (Å²) < 4.78 is 7.53. The summed E-state index contributed by atoms with van der Waals surface area (Å²) in [6.45, 7) is 7.67. The minimum Gasteiger partial charge on any atom is -0.378 e. The number of thioether (sulfide) groups is 1. The zero-order valence-corrected chi connectivity index (χ0v) is 19.4. The Morgan fingerprint density at radius 2 is 1.81 bits per heavy atom. The molecule has 3 aromatic rings. The van der Waals surface area contributed by atoms with E-state index in [1.165, 1.54) is 28.5 Å². The van der Waals surface area contributed by atoms with Gasteiger partial charge in [-0.15, -0.1) is 10.2 Å². The van der Waals surface area contributed by atoms with Gasteiger partial charge in [0.25, 0.3) is 0 Å². The Balaban J connectivity index is 1.42. The van der Waals surface area contributed by atoms with Crippen LogP contribution >= 0.6 is 11.8 Å². The van der Waals surface area contributed by atoms with E-state index in [1.54, 1.807) is 0 Å². The fourth-order valence-electron chi connectivity index (χ4n) is 3.65. The minimum absolute atomic E-state index is 0.00466. The zero-order chi connectivity index (χ0) is 22.3. The Labute approximate surface area is 193 Å². The molecule has 0 bridgehead atoms. The highest BCUT2D eigenvalue weighted by Gasteiger charge is 2.22. The molecular weight excluding hydrogens is 422 g/mol. The smallest absolute Gasteiger partial charge is 0.232 e. The van der Waals surface area contributed by atoms with Crippen LogP contribution in [0.1, 0.15) is 16.7 Å². The summed E-state index contributed by atoms with van der Waals surface area (Å²) in [5.74, 6) is 1.08. The molecule has 0 unspecified atom stereocenters. The molecule has 0 radical (unpaired) electrons. The quantitative estimate of drug-likeness (QED) is 0.531. The lowest BCUT2D eigenvalue weighted by molar-refractivity contribution is -0.118. The van der Waals surface area contributed by atoms with Crippen LogP contribution < -0.4 is 10.2 Å². The molecule has 1 saturated heterocycles. The summed E-state index contributed by atoms with van der Waals surface area (Å²) in [5.41, 5.74) is 4.69. The van der Waals surface area contributed by atoms with E-state index in [0.29, 0.717) is 30.7 Å². The van der Waals surface area contributed by atoms with Crippen LogP contribution in [0.4, 0.5) is 5.95 Å². The lowest BCUT2D eigenvalue weighted by atomic mass is 10.1. The topological polar surface area (TPSA) is 72.3 Å². The van der Waals surface area contributed by atoms with Crippen LogP contribution in [-0.2, 0) is 16.0 Å². The molecule has 1 aliphatic heterocycles. The average Bonchev–Trinajstić information content (AvgIpc) is 3.24. The number of anilines is 1. The minimum atomic E-state index is -0.00466. The number of nitrogens with one attached hydrogen (secondary N) is 1. The number of carbonyl (C=O) groups excluding carboxylic acids is 1. The number of aryl methyl sites for hydroxylation is 2. The monoisotopic (exact) mass is 451 g/mol. The largest absolute Gasteiger partial charge is 0.378 e. The number of aromatic nitrogens is 3. The number of amides is 1. The standard InChI is InChI=1S/C24H29N5O2S/c1-18-7-9-21(10-8-18)29-23(28-13-15-31-16-14-28)26-27-24(29)32-17-22(30)25-12-11-20-6-4-3-5-19(20)2/h3-10H,11-17H2,1-2H3,(H,25,30). The summed E-state index contributed by atoms with van der Waals surface area (Å²) >= 11 is 1.41. The summed E-state index contributed by atoms with van der Waals surface area (Å²) in [6, 6.07) is 16.5. The molecule has 0 saturated carbocycles. The summed E-state index contributed by atoms with van der Waals surface area (Å²) in [5, 5.41) is 12.6. The van der Waals surface area contributed by atoms with Gasteiger partial charge in [0, 0.05) is 19.6 Å². The van der Waals surface area contributed by atoms with E-state index >= 15 is 0 Å². The first-order valence-electron chi connectivity index (χ1n) is 10.9. The average molecular weight is 452 g/mol. The second kappa shape index (κ2) is 10.7. The van der Waals surface area contributed by atoms with E-state index in [0.717, 1.165) is 31.1 Å². The molecule has 4 rings (SSSR count). The van der Waals surface area contributed by atoms with E-state index in [2.05, 4.69) is 70.7 Å².